The molecule has 6 heteroatoms. The Labute approximate surface area is 184 Å². The van der Waals surface area contributed by atoms with E-state index in [1.54, 1.807) is 22.1 Å². The molecule has 0 bridgehead atoms. The molecule has 2 aromatic carbocycles. The Morgan fingerprint density at radius 2 is 1.81 bits per heavy atom. The van der Waals surface area contributed by atoms with Crippen molar-refractivity contribution in [1.82, 2.24) is 9.78 Å². The van der Waals surface area contributed by atoms with E-state index in [0.717, 1.165) is 33.1 Å². The molecule has 0 saturated carbocycles. The zero-order chi connectivity index (χ0) is 21.8. The minimum absolute atomic E-state index is 0.0214. The second-order valence-electron chi connectivity index (χ2n) is 7.08. The number of aryl methyl sites for hydroxylation is 2. The average molecular weight is 425 g/mol. The zero-order valence-electron chi connectivity index (χ0n) is 17.2. The van der Waals surface area contributed by atoms with Crippen LogP contribution in [-0.4, -0.2) is 15.7 Å². The first-order valence-electron chi connectivity index (χ1n) is 9.75. The molecule has 4 rings (SSSR count). The van der Waals surface area contributed by atoms with Crippen LogP contribution in [0.25, 0.3) is 22.3 Å². The van der Waals surface area contributed by atoms with Crippen molar-refractivity contribution in [3.63, 3.8) is 0 Å². The van der Waals surface area contributed by atoms with Crippen molar-refractivity contribution in [3.05, 3.63) is 94.5 Å². The lowest BCUT2D eigenvalue weighted by molar-refractivity contribution is -0.112. The van der Waals surface area contributed by atoms with Gasteiger partial charge in [0.2, 0.25) is 0 Å². The van der Waals surface area contributed by atoms with Crippen LogP contribution >= 0.6 is 11.3 Å². The second kappa shape index (κ2) is 8.82. The standard InChI is InChI=1S/C25H20N4OS/c1-17-8-6-9-18(2)23(17)27-25(30)19(15-26)14-20-16-29(21-10-4-3-5-11-21)28-24(20)22-12-7-13-31-22/h3-14,16H,1-2H3,(H,27,30). The molecule has 2 heterocycles. The summed E-state index contributed by atoms with van der Waals surface area (Å²) < 4.78 is 1.76. The lowest BCUT2D eigenvalue weighted by Crippen LogP contribution is -2.15. The fraction of sp³-hybridized carbons (Fsp3) is 0.0800. The van der Waals surface area contributed by atoms with E-state index in [4.69, 9.17) is 5.10 Å². The Morgan fingerprint density at radius 1 is 1.06 bits per heavy atom. The monoisotopic (exact) mass is 424 g/mol. The van der Waals surface area contributed by atoms with Gasteiger partial charge >= 0.3 is 0 Å². The minimum atomic E-state index is -0.440. The molecular weight excluding hydrogens is 404 g/mol. The molecule has 0 aliphatic heterocycles. The third kappa shape index (κ3) is 4.32. The fourth-order valence-corrected chi connectivity index (χ4v) is 4.04. The van der Waals surface area contributed by atoms with Crippen LogP contribution in [0, 0.1) is 25.2 Å². The Balaban J connectivity index is 1.74. The number of anilines is 1. The van der Waals surface area contributed by atoms with Crippen molar-refractivity contribution in [2.75, 3.05) is 5.32 Å². The lowest BCUT2D eigenvalue weighted by Gasteiger charge is -2.10. The van der Waals surface area contributed by atoms with Gasteiger partial charge in [-0.1, -0.05) is 42.5 Å². The van der Waals surface area contributed by atoms with E-state index < -0.39 is 5.91 Å². The van der Waals surface area contributed by atoms with Crippen molar-refractivity contribution in [2.24, 2.45) is 0 Å². The van der Waals surface area contributed by atoms with Crippen molar-refractivity contribution < 1.29 is 4.79 Å². The number of benzene rings is 2. The largest absolute Gasteiger partial charge is 0.321 e. The van der Waals surface area contributed by atoms with Gasteiger partial charge < -0.3 is 5.32 Å². The molecule has 0 saturated heterocycles. The molecule has 0 fully saturated rings. The number of nitrogens with one attached hydrogen (secondary N) is 1. The molecule has 0 aliphatic rings. The number of amides is 1. The first kappa shape index (κ1) is 20.3. The van der Waals surface area contributed by atoms with Crippen LogP contribution in [0.4, 0.5) is 5.69 Å². The molecule has 0 atom stereocenters. The van der Waals surface area contributed by atoms with Crippen LogP contribution in [0.1, 0.15) is 16.7 Å². The van der Waals surface area contributed by atoms with E-state index in [-0.39, 0.29) is 5.57 Å². The number of rotatable bonds is 5. The van der Waals surface area contributed by atoms with Gasteiger partial charge in [-0.25, -0.2) is 4.68 Å². The summed E-state index contributed by atoms with van der Waals surface area (Å²) in [5, 5.41) is 19.3. The van der Waals surface area contributed by atoms with E-state index >= 15 is 0 Å². The maximum Gasteiger partial charge on any atom is 0.266 e. The molecule has 0 unspecified atom stereocenters. The van der Waals surface area contributed by atoms with E-state index in [1.165, 1.54) is 0 Å². The number of carbonyl (C=O) groups excluding carboxylic acids is 1. The quantitative estimate of drug-likeness (QED) is 0.327. The number of para-hydroxylation sites is 2. The van der Waals surface area contributed by atoms with Gasteiger partial charge in [0.1, 0.15) is 17.3 Å². The highest BCUT2D eigenvalue weighted by atomic mass is 32.1. The molecule has 5 nitrogen and oxygen atoms in total. The Kier molecular flexibility index (Phi) is 5.78. The van der Waals surface area contributed by atoms with Gasteiger partial charge in [0, 0.05) is 17.4 Å². The molecule has 0 radical (unpaired) electrons. The summed E-state index contributed by atoms with van der Waals surface area (Å²) in [6.07, 6.45) is 3.44. The summed E-state index contributed by atoms with van der Waals surface area (Å²) in [7, 11) is 0. The van der Waals surface area contributed by atoms with Gasteiger partial charge in [0.15, 0.2) is 0 Å². The van der Waals surface area contributed by atoms with Gasteiger partial charge in [-0.15, -0.1) is 11.3 Å². The zero-order valence-corrected chi connectivity index (χ0v) is 18.0. The van der Waals surface area contributed by atoms with Crippen LogP contribution in [-0.2, 0) is 4.79 Å². The Bertz CT molecular complexity index is 1280. The van der Waals surface area contributed by atoms with E-state index in [1.807, 2.05) is 92.2 Å². The number of nitrogens with zero attached hydrogens (tertiary/aromatic N) is 3. The minimum Gasteiger partial charge on any atom is -0.321 e. The van der Waals surface area contributed by atoms with Crippen molar-refractivity contribution in [3.8, 4) is 22.3 Å². The first-order chi connectivity index (χ1) is 15.1. The third-order valence-electron chi connectivity index (χ3n) is 4.90. The van der Waals surface area contributed by atoms with E-state index in [9.17, 15) is 10.1 Å². The molecule has 31 heavy (non-hydrogen) atoms. The number of thiophene rings is 1. The van der Waals surface area contributed by atoms with Gasteiger partial charge in [-0.05, 0) is 54.6 Å². The summed E-state index contributed by atoms with van der Waals surface area (Å²) in [6, 6.07) is 21.5. The number of hydrogen-bond acceptors (Lipinski definition) is 4. The summed E-state index contributed by atoms with van der Waals surface area (Å²) in [6.45, 7) is 3.86. The molecule has 1 N–H and O–H groups in total. The predicted molar refractivity (Wildman–Crippen MR) is 125 cm³/mol. The number of nitriles is 1. The van der Waals surface area contributed by atoms with Crippen molar-refractivity contribution in [2.45, 2.75) is 13.8 Å². The van der Waals surface area contributed by atoms with Crippen LogP contribution in [0.5, 0.6) is 0 Å². The Morgan fingerprint density at radius 3 is 2.45 bits per heavy atom. The van der Waals surface area contributed by atoms with Crippen LogP contribution in [0.2, 0.25) is 0 Å². The molecule has 152 valence electrons. The summed E-state index contributed by atoms with van der Waals surface area (Å²) in [4.78, 5) is 13.9. The maximum atomic E-state index is 12.9. The summed E-state index contributed by atoms with van der Waals surface area (Å²) >= 11 is 1.56. The fourth-order valence-electron chi connectivity index (χ4n) is 3.31. The van der Waals surface area contributed by atoms with Crippen molar-refractivity contribution >= 4 is 29.0 Å². The van der Waals surface area contributed by atoms with Gasteiger partial charge in [0.25, 0.3) is 5.91 Å². The molecule has 1 amide bonds. The van der Waals surface area contributed by atoms with Crippen LogP contribution < -0.4 is 5.32 Å². The molecule has 4 aromatic rings. The van der Waals surface area contributed by atoms with Gasteiger partial charge in [0.05, 0.1) is 10.6 Å². The number of hydrogen-bond donors (Lipinski definition) is 1. The molecule has 0 aliphatic carbocycles. The highest BCUT2D eigenvalue weighted by Gasteiger charge is 2.17. The number of carbonyl (C=O) groups is 1. The van der Waals surface area contributed by atoms with Gasteiger partial charge in [-0.2, -0.15) is 10.4 Å². The van der Waals surface area contributed by atoms with Crippen LogP contribution in [0.3, 0.4) is 0 Å². The predicted octanol–water partition coefficient (Wildman–Crippen LogP) is 5.76. The third-order valence-corrected chi connectivity index (χ3v) is 5.78. The Hall–Kier alpha value is -3.95. The smallest absolute Gasteiger partial charge is 0.266 e. The molecular formula is C25H20N4OS. The SMILES string of the molecule is Cc1cccc(C)c1NC(=O)C(C#N)=Cc1cn(-c2ccccc2)nc1-c1cccs1. The highest BCUT2D eigenvalue weighted by molar-refractivity contribution is 7.13. The summed E-state index contributed by atoms with van der Waals surface area (Å²) in [5.74, 6) is -0.440. The van der Waals surface area contributed by atoms with E-state index in [0.29, 0.717) is 5.56 Å². The maximum absolute atomic E-state index is 12.9. The molecule has 0 spiro atoms. The second-order valence-corrected chi connectivity index (χ2v) is 8.03. The molecule has 2 aromatic heterocycles. The normalized spacial score (nSPS) is 11.2. The van der Waals surface area contributed by atoms with Gasteiger partial charge in [-0.3, -0.25) is 4.79 Å². The topological polar surface area (TPSA) is 70.7 Å². The number of aromatic nitrogens is 2. The van der Waals surface area contributed by atoms with Crippen molar-refractivity contribution in [1.29, 1.82) is 5.26 Å². The van der Waals surface area contributed by atoms with E-state index in [2.05, 4.69) is 5.32 Å². The highest BCUT2D eigenvalue weighted by Crippen LogP contribution is 2.29. The first-order valence-corrected chi connectivity index (χ1v) is 10.6. The average Bonchev–Trinajstić information content (AvgIpc) is 3.45. The lowest BCUT2D eigenvalue weighted by atomic mass is 10.1. The van der Waals surface area contributed by atoms with Crippen LogP contribution in [0.15, 0.2) is 77.8 Å². The summed E-state index contributed by atoms with van der Waals surface area (Å²) in [5.41, 5.74) is 4.98.